The van der Waals surface area contributed by atoms with Crippen LogP contribution in [0.25, 0.3) is 0 Å². The van der Waals surface area contributed by atoms with Crippen LogP contribution >= 0.6 is 11.8 Å². The van der Waals surface area contributed by atoms with E-state index in [-0.39, 0.29) is 6.61 Å². The van der Waals surface area contributed by atoms with E-state index in [4.69, 9.17) is 14.2 Å². The summed E-state index contributed by atoms with van der Waals surface area (Å²) in [6.45, 7) is 4.05. The van der Waals surface area contributed by atoms with Crippen molar-refractivity contribution in [2.75, 3.05) is 33.1 Å². The minimum atomic E-state index is -0.823. The highest BCUT2D eigenvalue weighted by Gasteiger charge is 2.44. The maximum atomic E-state index is 13.0. The number of methoxy groups -OCH3 is 2. The molecule has 1 amide bonds. The third kappa shape index (κ3) is 5.41. The molecule has 1 N–H and O–H groups in total. The van der Waals surface area contributed by atoms with E-state index in [2.05, 4.69) is 10.3 Å². The quantitative estimate of drug-likeness (QED) is 0.361. The van der Waals surface area contributed by atoms with Crippen LogP contribution in [0.2, 0.25) is 0 Å². The van der Waals surface area contributed by atoms with Crippen molar-refractivity contribution in [3.05, 3.63) is 41.1 Å². The molecule has 162 valence electrons. The summed E-state index contributed by atoms with van der Waals surface area (Å²) in [5.74, 6) is -1.39. The van der Waals surface area contributed by atoms with E-state index in [0.29, 0.717) is 46.3 Å². The maximum Gasteiger partial charge on any atom is 0.336 e. The Kier molecular flexibility index (Phi) is 8.91. The van der Waals surface area contributed by atoms with Crippen molar-refractivity contribution in [2.45, 2.75) is 19.8 Å². The van der Waals surface area contributed by atoms with Gasteiger partial charge in [-0.2, -0.15) is 0 Å². The number of hydrogen-bond acceptors (Lipinski definition) is 8. The lowest BCUT2D eigenvalue weighted by Crippen LogP contribution is -2.36. The Morgan fingerprint density at radius 3 is 2.70 bits per heavy atom. The summed E-state index contributed by atoms with van der Waals surface area (Å²) in [5.41, 5.74) is 1.49. The van der Waals surface area contributed by atoms with Gasteiger partial charge in [0.1, 0.15) is 11.7 Å². The molecular formula is C21H26N2O6S. The summed E-state index contributed by atoms with van der Waals surface area (Å²) < 4.78 is 15.7. The first-order valence-electron chi connectivity index (χ1n) is 9.46. The second kappa shape index (κ2) is 11.4. The van der Waals surface area contributed by atoms with Crippen molar-refractivity contribution in [1.82, 2.24) is 5.32 Å². The van der Waals surface area contributed by atoms with Crippen molar-refractivity contribution >= 4 is 35.2 Å². The zero-order valence-corrected chi connectivity index (χ0v) is 18.3. The number of hydrogen-bond donors (Lipinski definition) is 1. The summed E-state index contributed by atoms with van der Waals surface area (Å²) in [7, 11) is 2.84. The van der Waals surface area contributed by atoms with E-state index >= 15 is 0 Å². The fourth-order valence-electron chi connectivity index (χ4n) is 3.27. The number of aliphatic imine (C=N–C) groups is 1. The average Bonchev–Trinajstić information content (AvgIpc) is 2.75. The van der Waals surface area contributed by atoms with Crippen LogP contribution in [0, 0.1) is 5.92 Å². The maximum absolute atomic E-state index is 13.0. The van der Waals surface area contributed by atoms with Gasteiger partial charge in [0.2, 0.25) is 6.41 Å². The van der Waals surface area contributed by atoms with Gasteiger partial charge in [-0.1, -0.05) is 12.1 Å². The number of nitrogens with zero attached hydrogens (tertiary/aromatic N) is 1. The molecule has 1 aromatic rings. The highest BCUT2D eigenvalue weighted by Crippen LogP contribution is 2.43. The number of thioether (sulfide) groups is 1. The van der Waals surface area contributed by atoms with Gasteiger partial charge in [0.15, 0.2) is 0 Å². The molecule has 0 radical (unpaired) electrons. The zero-order chi connectivity index (χ0) is 22.1. The number of carbonyl (C=O) groups excluding carboxylic acids is 3. The number of amides is 1. The number of esters is 2. The van der Waals surface area contributed by atoms with Gasteiger partial charge in [-0.3, -0.25) is 9.59 Å². The molecule has 0 aliphatic carbocycles. The van der Waals surface area contributed by atoms with Crippen LogP contribution < -0.4 is 10.1 Å². The lowest BCUT2D eigenvalue weighted by atomic mass is 9.78. The van der Waals surface area contributed by atoms with E-state index < -0.39 is 23.8 Å². The molecule has 9 heteroatoms. The van der Waals surface area contributed by atoms with Gasteiger partial charge < -0.3 is 19.5 Å². The molecule has 0 saturated carbocycles. The van der Waals surface area contributed by atoms with Crippen molar-refractivity contribution in [1.29, 1.82) is 0 Å². The van der Waals surface area contributed by atoms with E-state index in [9.17, 15) is 14.4 Å². The lowest BCUT2D eigenvalue weighted by Gasteiger charge is -2.32. The van der Waals surface area contributed by atoms with Crippen LogP contribution in [0.1, 0.15) is 25.3 Å². The van der Waals surface area contributed by atoms with Crippen molar-refractivity contribution in [3.63, 3.8) is 0 Å². The smallest absolute Gasteiger partial charge is 0.336 e. The van der Waals surface area contributed by atoms with Crippen molar-refractivity contribution < 1.29 is 28.6 Å². The summed E-state index contributed by atoms with van der Waals surface area (Å²) in [6.07, 6.45) is 0.617. The Labute approximate surface area is 180 Å². The molecule has 1 aliphatic heterocycles. The van der Waals surface area contributed by atoms with E-state index in [1.165, 1.54) is 18.9 Å². The zero-order valence-electron chi connectivity index (χ0n) is 17.5. The third-order valence-electron chi connectivity index (χ3n) is 4.56. The molecule has 2 atom stereocenters. The van der Waals surface area contributed by atoms with Gasteiger partial charge >= 0.3 is 11.9 Å². The average molecular weight is 435 g/mol. The molecule has 1 aromatic carbocycles. The van der Waals surface area contributed by atoms with Gasteiger partial charge in [0.25, 0.3) is 0 Å². The number of ether oxygens (including phenoxy) is 3. The van der Waals surface area contributed by atoms with Crippen LogP contribution in [0.15, 0.2) is 40.5 Å². The Bertz CT molecular complexity index is 852. The Morgan fingerprint density at radius 1 is 1.30 bits per heavy atom. The second-order valence-corrected chi connectivity index (χ2v) is 7.46. The molecule has 8 nitrogen and oxygen atoms in total. The summed E-state index contributed by atoms with van der Waals surface area (Å²) in [5, 5.41) is 3.11. The normalized spacial score (nSPS) is 18.3. The predicted molar refractivity (Wildman–Crippen MR) is 115 cm³/mol. The van der Waals surface area contributed by atoms with Crippen molar-refractivity contribution in [2.24, 2.45) is 10.9 Å². The molecule has 0 bridgehead atoms. The fraction of sp³-hybridized carbons (Fsp3) is 0.429. The van der Waals surface area contributed by atoms with Crippen LogP contribution in [-0.2, 0) is 23.9 Å². The minimum absolute atomic E-state index is 0.195. The highest BCUT2D eigenvalue weighted by atomic mass is 32.2. The number of carbonyl (C=O) groups is 3. The monoisotopic (exact) mass is 434 g/mol. The molecule has 1 heterocycles. The Hall–Kier alpha value is -2.81. The first kappa shape index (κ1) is 23.5. The van der Waals surface area contributed by atoms with Gasteiger partial charge in [-0.05, 0) is 31.5 Å². The largest absolute Gasteiger partial charge is 0.497 e. The first-order chi connectivity index (χ1) is 14.5. The third-order valence-corrected chi connectivity index (χ3v) is 5.61. The molecule has 2 unspecified atom stereocenters. The molecular weight excluding hydrogens is 408 g/mol. The number of allylic oxidation sites excluding steroid dienone is 1. The molecule has 0 fully saturated rings. The number of nitrogens with one attached hydrogen (secondary N) is 1. The lowest BCUT2D eigenvalue weighted by molar-refractivity contribution is -0.146. The van der Waals surface area contributed by atoms with Crippen LogP contribution in [-0.4, -0.2) is 56.5 Å². The second-order valence-electron chi connectivity index (χ2n) is 6.35. The van der Waals surface area contributed by atoms with E-state index in [1.807, 2.05) is 6.07 Å². The van der Waals surface area contributed by atoms with Gasteiger partial charge in [0.05, 0.1) is 31.4 Å². The van der Waals surface area contributed by atoms with Gasteiger partial charge in [-0.15, -0.1) is 11.8 Å². The predicted octanol–water partition coefficient (Wildman–Crippen LogP) is 2.30. The topological polar surface area (TPSA) is 103 Å². The summed E-state index contributed by atoms with van der Waals surface area (Å²) in [4.78, 5) is 40.7. The SMILES string of the molecule is CCOC(=O)C1C(SCCNC=O)=NC(C)=C(C(=O)OC)C1c1cccc(OC)c1. The first-order valence-corrected chi connectivity index (χ1v) is 10.4. The minimum Gasteiger partial charge on any atom is -0.497 e. The summed E-state index contributed by atoms with van der Waals surface area (Å²) in [6, 6.07) is 7.20. The van der Waals surface area contributed by atoms with Crippen molar-refractivity contribution in [3.8, 4) is 5.75 Å². The molecule has 0 spiro atoms. The molecule has 2 rings (SSSR count). The van der Waals surface area contributed by atoms with Crippen LogP contribution in [0.4, 0.5) is 0 Å². The molecule has 30 heavy (non-hydrogen) atoms. The standard InChI is InChI=1S/C21H26N2O6S/c1-5-29-21(26)18-17(14-7-6-8-15(11-14)27-3)16(20(25)28-4)13(2)23-19(18)30-10-9-22-12-24/h6-8,11-12,17-18H,5,9-10H2,1-4H3,(H,22,24). The van der Waals surface area contributed by atoms with Crippen LogP contribution in [0.3, 0.4) is 0 Å². The Morgan fingerprint density at radius 2 is 2.07 bits per heavy atom. The van der Waals surface area contributed by atoms with E-state index in [1.54, 1.807) is 39.2 Å². The molecule has 0 saturated heterocycles. The van der Waals surface area contributed by atoms with Crippen LogP contribution in [0.5, 0.6) is 5.75 Å². The number of benzene rings is 1. The van der Waals surface area contributed by atoms with Gasteiger partial charge in [-0.25, -0.2) is 9.79 Å². The van der Waals surface area contributed by atoms with E-state index in [0.717, 1.165) is 0 Å². The number of rotatable bonds is 9. The highest BCUT2D eigenvalue weighted by molar-refractivity contribution is 8.14. The van der Waals surface area contributed by atoms with Gasteiger partial charge in [0, 0.05) is 23.9 Å². The summed E-state index contributed by atoms with van der Waals surface area (Å²) >= 11 is 1.34. The molecule has 0 aromatic heterocycles. The molecule has 1 aliphatic rings. The fourth-order valence-corrected chi connectivity index (χ4v) is 4.31. The Balaban J connectivity index is 2.59.